The number of hydrogen-bond donors (Lipinski definition) is 1. The summed E-state index contributed by atoms with van der Waals surface area (Å²) in [6.07, 6.45) is 2.81. The van der Waals surface area contributed by atoms with Crippen molar-refractivity contribution >= 4 is 33.5 Å². The molecule has 0 aromatic carbocycles. The molecule has 122 valence electrons. The van der Waals surface area contributed by atoms with Crippen molar-refractivity contribution in [1.29, 1.82) is 0 Å². The molecule has 2 heterocycles. The minimum absolute atomic E-state index is 0.278. The molecule has 8 heteroatoms. The van der Waals surface area contributed by atoms with E-state index in [0.29, 0.717) is 19.0 Å². The Balaban J connectivity index is 2.33. The van der Waals surface area contributed by atoms with Gasteiger partial charge in [0.1, 0.15) is 4.90 Å². The Labute approximate surface area is 136 Å². The molecule has 1 aromatic rings. The van der Waals surface area contributed by atoms with Crippen LogP contribution >= 0.6 is 11.3 Å². The van der Waals surface area contributed by atoms with Crippen LogP contribution in [-0.4, -0.2) is 38.7 Å². The predicted molar refractivity (Wildman–Crippen MR) is 91.1 cm³/mol. The van der Waals surface area contributed by atoms with Gasteiger partial charge < -0.3 is 5.32 Å². The molecule has 22 heavy (non-hydrogen) atoms. The number of rotatable bonds is 4. The molecule has 1 aliphatic rings. The van der Waals surface area contributed by atoms with Crippen LogP contribution in [-0.2, 0) is 10.0 Å². The molecular weight excluding hydrogens is 320 g/mol. The normalized spacial score (nSPS) is 19.0. The maximum absolute atomic E-state index is 12.6. The Bertz CT molecular complexity index is 692. The summed E-state index contributed by atoms with van der Waals surface area (Å²) in [6.45, 7) is 8.91. The predicted octanol–water partition coefficient (Wildman–Crippen LogP) is 2.35. The number of hydrogen-bond acceptors (Lipinski definition) is 4. The van der Waals surface area contributed by atoms with Crippen LogP contribution in [0.4, 0.5) is 0 Å². The van der Waals surface area contributed by atoms with Gasteiger partial charge in [0, 0.05) is 28.4 Å². The molecule has 0 aliphatic carbocycles. The van der Waals surface area contributed by atoms with E-state index in [1.165, 1.54) is 11.3 Å². The third-order valence-corrected chi connectivity index (χ3v) is 5.90. The van der Waals surface area contributed by atoms with Gasteiger partial charge in [-0.1, -0.05) is 6.92 Å². The quantitative estimate of drug-likeness (QED) is 0.673. The summed E-state index contributed by atoms with van der Waals surface area (Å²) >= 11 is 1.46. The molecule has 0 fully saturated rings. The van der Waals surface area contributed by atoms with Crippen molar-refractivity contribution in [3.63, 3.8) is 0 Å². The summed E-state index contributed by atoms with van der Waals surface area (Å²) in [5, 5.41) is 8.90. The molecule has 6 nitrogen and oxygen atoms in total. The summed E-state index contributed by atoms with van der Waals surface area (Å²) in [7, 11) is -3.73. The molecule has 0 saturated heterocycles. The Hall–Kier alpha value is -1.41. The second-order valence-corrected chi connectivity index (χ2v) is 8.25. The molecule has 1 unspecified atom stereocenters. The summed E-state index contributed by atoms with van der Waals surface area (Å²) in [6, 6.07) is 1.67. The van der Waals surface area contributed by atoms with Crippen LogP contribution in [0, 0.1) is 19.8 Å². The zero-order valence-electron chi connectivity index (χ0n) is 13.3. The van der Waals surface area contributed by atoms with Crippen molar-refractivity contribution in [2.75, 3.05) is 13.1 Å². The number of hydrazone groups is 1. The maximum Gasteiger partial charge on any atom is 0.286 e. The number of thiophene rings is 1. The van der Waals surface area contributed by atoms with Crippen molar-refractivity contribution < 1.29 is 8.42 Å². The Kier molecular flexibility index (Phi) is 5.23. The average molecular weight is 342 g/mol. The van der Waals surface area contributed by atoms with Gasteiger partial charge in [0.25, 0.3) is 10.0 Å². The van der Waals surface area contributed by atoms with Crippen molar-refractivity contribution in [2.24, 2.45) is 15.4 Å². The highest BCUT2D eigenvalue weighted by atomic mass is 32.2. The zero-order chi connectivity index (χ0) is 16.3. The SMILES string of the molecule is CCN/C(=N\S(=O)(=O)c1cc(C)sc1C)N1CC(CC)C=N1. The molecule has 0 amide bonds. The smallest absolute Gasteiger partial charge is 0.286 e. The fraction of sp³-hybridized carbons (Fsp3) is 0.571. The minimum atomic E-state index is -3.73. The summed E-state index contributed by atoms with van der Waals surface area (Å²) in [4.78, 5) is 2.00. The van der Waals surface area contributed by atoms with Gasteiger partial charge in [-0.3, -0.25) is 0 Å². The van der Waals surface area contributed by atoms with Crippen LogP contribution < -0.4 is 5.32 Å². The number of nitrogens with zero attached hydrogens (tertiary/aromatic N) is 3. The summed E-state index contributed by atoms with van der Waals surface area (Å²) in [5.41, 5.74) is 0. The molecule has 1 aliphatic heterocycles. The lowest BCUT2D eigenvalue weighted by Gasteiger charge is -2.18. The van der Waals surface area contributed by atoms with Crippen molar-refractivity contribution in [1.82, 2.24) is 10.3 Å². The summed E-state index contributed by atoms with van der Waals surface area (Å²) < 4.78 is 29.1. The maximum atomic E-state index is 12.6. The van der Waals surface area contributed by atoms with Crippen LogP contribution in [0.3, 0.4) is 0 Å². The third-order valence-electron chi connectivity index (χ3n) is 3.41. The number of aryl methyl sites for hydroxylation is 2. The minimum Gasteiger partial charge on any atom is -0.354 e. The van der Waals surface area contributed by atoms with E-state index in [9.17, 15) is 8.42 Å². The Morgan fingerprint density at radius 3 is 2.73 bits per heavy atom. The van der Waals surface area contributed by atoms with E-state index in [1.54, 1.807) is 18.0 Å². The molecular formula is C14H22N4O2S2. The Morgan fingerprint density at radius 2 is 2.23 bits per heavy atom. The lowest BCUT2D eigenvalue weighted by molar-refractivity contribution is 0.426. The van der Waals surface area contributed by atoms with Crippen molar-refractivity contribution in [3.8, 4) is 0 Å². The van der Waals surface area contributed by atoms with Gasteiger partial charge in [0.2, 0.25) is 5.96 Å². The van der Waals surface area contributed by atoms with Crippen LogP contribution in [0.1, 0.15) is 30.0 Å². The molecule has 2 rings (SSSR count). The largest absolute Gasteiger partial charge is 0.354 e. The van der Waals surface area contributed by atoms with Crippen molar-refractivity contribution in [3.05, 3.63) is 15.8 Å². The fourth-order valence-corrected chi connectivity index (χ4v) is 4.73. The van der Waals surface area contributed by atoms with Gasteiger partial charge >= 0.3 is 0 Å². The van der Waals surface area contributed by atoms with Gasteiger partial charge in [-0.2, -0.15) is 13.5 Å². The zero-order valence-corrected chi connectivity index (χ0v) is 15.0. The van der Waals surface area contributed by atoms with Crippen LogP contribution in [0.5, 0.6) is 0 Å². The van der Waals surface area contributed by atoms with Crippen LogP contribution in [0.2, 0.25) is 0 Å². The highest BCUT2D eigenvalue weighted by Crippen LogP contribution is 2.26. The van der Waals surface area contributed by atoms with E-state index in [-0.39, 0.29) is 10.9 Å². The highest BCUT2D eigenvalue weighted by molar-refractivity contribution is 7.90. The molecule has 0 saturated carbocycles. The molecule has 1 atom stereocenters. The van der Waals surface area contributed by atoms with Crippen LogP contribution in [0.15, 0.2) is 20.5 Å². The molecule has 1 N–H and O–H groups in total. The monoisotopic (exact) mass is 342 g/mol. The number of sulfonamides is 1. The van der Waals surface area contributed by atoms with Gasteiger partial charge in [0.15, 0.2) is 0 Å². The van der Waals surface area contributed by atoms with Gasteiger partial charge in [-0.25, -0.2) is 5.01 Å². The van der Waals surface area contributed by atoms with E-state index < -0.39 is 10.0 Å². The van der Waals surface area contributed by atoms with Gasteiger partial charge in [-0.15, -0.1) is 15.7 Å². The van der Waals surface area contributed by atoms with E-state index in [0.717, 1.165) is 16.2 Å². The lowest BCUT2D eigenvalue weighted by atomic mass is 10.1. The topological polar surface area (TPSA) is 74.1 Å². The Morgan fingerprint density at radius 1 is 1.50 bits per heavy atom. The van der Waals surface area contributed by atoms with E-state index in [2.05, 4.69) is 21.7 Å². The first-order chi connectivity index (χ1) is 10.4. The molecule has 0 bridgehead atoms. The van der Waals surface area contributed by atoms with Crippen LogP contribution in [0.25, 0.3) is 0 Å². The van der Waals surface area contributed by atoms with Gasteiger partial charge in [0.05, 0.1) is 6.54 Å². The van der Waals surface area contributed by atoms with E-state index in [4.69, 9.17) is 0 Å². The average Bonchev–Trinajstić information content (AvgIpc) is 3.04. The van der Waals surface area contributed by atoms with E-state index in [1.807, 2.05) is 20.1 Å². The molecule has 0 spiro atoms. The first-order valence-electron chi connectivity index (χ1n) is 7.34. The second-order valence-electron chi connectivity index (χ2n) is 5.21. The highest BCUT2D eigenvalue weighted by Gasteiger charge is 2.24. The number of nitrogens with one attached hydrogen (secondary N) is 1. The third kappa shape index (κ3) is 3.67. The number of guanidine groups is 1. The first-order valence-corrected chi connectivity index (χ1v) is 9.60. The summed E-state index contributed by atoms with van der Waals surface area (Å²) in [5.74, 6) is 0.620. The fourth-order valence-electron chi connectivity index (χ4n) is 2.22. The van der Waals surface area contributed by atoms with E-state index >= 15 is 0 Å². The lowest BCUT2D eigenvalue weighted by Crippen LogP contribution is -2.38. The van der Waals surface area contributed by atoms with Gasteiger partial charge in [-0.05, 0) is 33.3 Å². The molecule has 0 radical (unpaired) electrons. The second kappa shape index (κ2) is 6.78. The standard InChI is InChI=1S/C14H22N4O2S2/c1-5-12-8-16-18(9-12)14(15-6-2)17-22(19,20)13-7-10(3)21-11(13)4/h7-8,12H,5-6,9H2,1-4H3,(H,15,17). The molecule has 1 aromatic heterocycles. The first kappa shape index (κ1) is 17.0. The van der Waals surface area contributed by atoms with Crippen molar-refractivity contribution in [2.45, 2.75) is 39.0 Å².